The Morgan fingerprint density at radius 2 is 2.18 bits per heavy atom. The Bertz CT molecular complexity index is 350. The molecule has 2 nitrogen and oxygen atoms in total. The van der Waals surface area contributed by atoms with Crippen LogP contribution in [0.1, 0.15) is 39.7 Å². The van der Waals surface area contributed by atoms with Crippen LogP contribution in [0.15, 0.2) is 18.5 Å². The zero-order valence-corrected chi connectivity index (χ0v) is 12.0. The van der Waals surface area contributed by atoms with Gasteiger partial charge in [0.25, 0.3) is 0 Å². The van der Waals surface area contributed by atoms with Crippen molar-refractivity contribution < 1.29 is 0 Å². The summed E-state index contributed by atoms with van der Waals surface area (Å²) in [6, 6.07) is 2.55. The summed E-state index contributed by atoms with van der Waals surface area (Å²) in [5.74, 6) is 0. The van der Waals surface area contributed by atoms with Crippen LogP contribution in [0, 0.1) is 5.41 Å². The summed E-state index contributed by atoms with van der Waals surface area (Å²) in [4.78, 5) is 4.02. The summed E-state index contributed by atoms with van der Waals surface area (Å²) in [7, 11) is 0. The Balaban J connectivity index is 2.63. The fourth-order valence-corrected chi connectivity index (χ4v) is 2.57. The zero-order valence-electron chi connectivity index (χ0n) is 11.3. The molecular weight excluding hydrogens is 232 g/mol. The Labute approximate surface area is 110 Å². The van der Waals surface area contributed by atoms with Crippen molar-refractivity contribution in [3.8, 4) is 0 Å². The molecule has 0 aliphatic heterocycles. The highest BCUT2D eigenvalue weighted by molar-refractivity contribution is 6.31. The van der Waals surface area contributed by atoms with Gasteiger partial charge >= 0.3 is 0 Å². The van der Waals surface area contributed by atoms with Crippen molar-refractivity contribution in [2.75, 3.05) is 6.54 Å². The fourth-order valence-electron chi connectivity index (χ4n) is 2.38. The van der Waals surface area contributed by atoms with Crippen molar-refractivity contribution in [1.29, 1.82) is 0 Å². The molecule has 3 heteroatoms. The second kappa shape index (κ2) is 6.36. The van der Waals surface area contributed by atoms with Crippen LogP contribution >= 0.6 is 11.6 Å². The second-order valence-corrected chi connectivity index (χ2v) is 5.88. The number of nitrogens with one attached hydrogen (secondary N) is 1. The summed E-state index contributed by atoms with van der Waals surface area (Å²) in [5.41, 5.74) is 1.43. The van der Waals surface area contributed by atoms with Crippen molar-refractivity contribution in [1.82, 2.24) is 10.3 Å². The minimum atomic E-state index is 0.243. The Morgan fingerprint density at radius 3 is 2.76 bits per heavy atom. The fraction of sp³-hybridized carbons (Fsp3) is 0.643. The number of aromatic nitrogens is 1. The Kier molecular flexibility index (Phi) is 5.41. The Morgan fingerprint density at radius 1 is 1.47 bits per heavy atom. The van der Waals surface area contributed by atoms with E-state index in [0.717, 1.165) is 24.4 Å². The first kappa shape index (κ1) is 14.5. The highest BCUT2D eigenvalue weighted by Gasteiger charge is 2.22. The van der Waals surface area contributed by atoms with Gasteiger partial charge in [0.05, 0.1) is 5.02 Å². The number of rotatable bonds is 6. The van der Waals surface area contributed by atoms with Crippen LogP contribution in [-0.4, -0.2) is 17.6 Å². The maximum absolute atomic E-state index is 6.15. The van der Waals surface area contributed by atoms with Crippen LogP contribution in [0.2, 0.25) is 5.02 Å². The summed E-state index contributed by atoms with van der Waals surface area (Å²) < 4.78 is 0. The second-order valence-electron chi connectivity index (χ2n) is 5.47. The van der Waals surface area contributed by atoms with Gasteiger partial charge in [-0.25, -0.2) is 0 Å². The lowest BCUT2D eigenvalue weighted by Crippen LogP contribution is -2.32. The molecule has 1 atom stereocenters. The van der Waals surface area contributed by atoms with Gasteiger partial charge in [-0.15, -0.1) is 0 Å². The van der Waals surface area contributed by atoms with Crippen LogP contribution in [0.4, 0.5) is 0 Å². The van der Waals surface area contributed by atoms with Gasteiger partial charge in [0.2, 0.25) is 0 Å². The Hall–Kier alpha value is -0.600. The van der Waals surface area contributed by atoms with Crippen molar-refractivity contribution in [3.63, 3.8) is 0 Å². The van der Waals surface area contributed by atoms with Gasteiger partial charge in [-0.2, -0.15) is 0 Å². The van der Waals surface area contributed by atoms with Crippen molar-refractivity contribution in [2.24, 2.45) is 5.41 Å². The zero-order chi connectivity index (χ0) is 12.9. The minimum Gasteiger partial charge on any atom is -0.315 e. The van der Waals surface area contributed by atoms with Crippen LogP contribution < -0.4 is 5.32 Å². The molecule has 0 radical (unpaired) electrons. The predicted molar refractivity (Wildman–Crippen MR) is 74.5 cm³/mol. The molecule has 0 amide bonds. The van der Waals surface area contributed by atoms with Crippen molar-refractivity contribution in [3.05, 3.63) is 29.0 Å². The van der Waals surface area contributed by atoms with Gasteiger partial charge in [0, 0.05) is 18.4 Å². The molecule has 0 fully saturated rings. The molecule has 1 aromatic rings. The monoisotopic (exact) mass is 254 g/mol. The van der Waals surface area contributed by atoms with E-state index < -0.39 is 0 Å². The molecule has 0 spiro atoms. The van der Waals surface area contributed by atoms with E-state index >= 15 is 0 Å². The minimum absolute atomic E-state index is 0.243. The highest BCUT2D eigenvalue weighted by atomic mass is 35.5. The maximum Gasteiger partial charge on any atom is 0.0621 e. The van der Waals surface area contributed by atoms with E-state index in [1.54, 1.807) is 6.20 Å². The SMILES string of the molecule is CCNC(C)CC(C)(C)Cc1ccncc1Cl. The van der Waals surface area contributed by atoms with E-state index in [-0.39, 0.29) is 5.41 Å². The van der Waals surface area contributed by atoms with Gasteiger partial charge in [-0.1, -0.05) is 32.4 Å². The average Bonchev–Trinajstić information content (AvgIpc) is 2.20. The average molecular weight is 255 g/mol. The van der Waals surface area contributed by atoms with E-state index in [0.29, 0.717) is 6.04 Å². The van der Waals surface area contributed by atoms with Gasteiger partial charge in [0.1, 0.15) is 0 Å². The molecule has 1 aromatic heterocycles. The third-order valence-electron chi connectivity index (χ3n) is 2.94. The molecule has 17 heavy (non-hydrogen) atoms. The molecule has 96 valence electrons. The summed E-state index contributed by atoms with van der Waals surface area (Å²) in [6.07, 6.45) is 5.66. The summed E-state index contributed by atoms with van der Waals surface area (Å²) in [5, 5.41) is 4.23. The third-order valence-corrected chi connectivity index (χ3v) is 3.28. The van der Waals surface area contributed by atoms with E-state index in [1.807, 2.05) is 12.3 Å². The number of hydrogen-bond donors (Lipinski definition) is 1. The standard InChI is InChI=1S/C14H23ClN2/c1-5-17-11(2)8-14(3,4)9-12-6-7-16-10-13(12)15/h6-7,10-11,17H,5,8-9H2,1-4H3. The van der Waals surface area contributed by atoms with Gasteiger partial charge < -0.3 is 5.32 Å². The van der Waals surface area contributed by atoms with Crippen LogP contribution in [0.5, 0.6) is 0 Å². The van der Waals surface area contributed by atoms with Crippen molar-refractivity contribution >= 4 is 11.6 Å². The molecular formula is C14H23ClN2. The largest absolute Gasteiger partial charge is 0.315 e. The molecule has 1 rings (SSSR count). The van der Waals surface area contributed by atoms with E-state index in [2.05, 4.69) is 38.0 Å². The normalized spacial score (nSPS) is 13.7. The third kappa shape index (κ3) is 5.05. The quantitative estimate of drug-likeness (QED) is 0.838. The lowest BCUT2D eigenvalue weighted by Gasteiger charge is -2.29. The highest BCUT2D eigenvalue weighted by Crippen LogP contribution is 2.30. The number of pyridine rings is 1. The van der Waals surface area contributed by atoms with E-state index in [1.165, 1.54) is 5.56 Å². The lowest BCUT2D eigenvalue weighted by atomic mass is 9.80. The van der Waals surface area contributed by atoms with Gasteiger partial charge in [0.15, 0.2) is 0 Å². The van der Waals surface area contributed by atoms with Gasteiger partial charge in [-0.3, -0.25) is 4.98 Å². The first-order chi connectivity index (χ1) is 7.94. The molecule has 1 N–H and O–H groups in total. The topological polar surface area (TPSA) is 24.9 Å². The molecule has 0 aliphatic rings. The summed E-state index contributed by atoms with van der Waals surface area (Å²) in [6.45, 7) is 9.98. The molecule has 0 aromatic carbocycles. The molecule has 0 saturated heterocycles. The number of nitrogens with zero attached hydrogens (tertiary/aromatic N) is 1. The van der Waals surface area contributed by atoms with Crippen molar-refractivity contribution in [2.45, 2.75) is 46.6 Å². The lowest BCUT2D eigenvalue weighted by molar-refractivity contribution is 0.289. The molecule has 1 unspecified atom stereocenters. The number of halogens is 1. The van der Waals surface area contributed by atoms with E-state index in [9.17, 15) is 0 Å². The number of hydrogen-bond acceptors (Lipinski definition) is 2. The maximum atomic E-state index is 6.15. The first-order valence-electron chi connectivity index (χ1n) is 6.26. The molecule has 1 heterocycles. The van der Waals surface area contributed by atoms with Crippen LogP contribution in [-0.2, 0) is 6.42 Å². The molecule has 0 saturated carbocycles. The van der Waals surface area contributed by atoms with Crippen LogP contribution in [0.3, 0.4) is 0 Å². The van der Waals surface area contributed by atoms with Gasteiger partial charge in [-0.05, 0) is 43.4 Å². The van der Waals surface area contributed by atoms with Crippen LogP contribution in [0.25, 0.3) is 0 Å². The van der Waals surface area contributed by atoms with E-state index in [4.69, 9.17) is 11.6 Å². The molecule has 0 aliphatic carbocycles. The predicted octanol–water partition coefficient (Wildman–Crippen LogP) is 3.69. The first-order valence-corrected chi connectivity index (χ1v) is 6.64. The smallest absolute Gasteiger partial charge is 0.0621 e. The summed E-state index contributed by atoms with van der Waals surface area (Å²) >= 11 is 6.15. The molecule has 0 bridgehead atoms.